The van der Waals surface area contributed by atoms with E-state index in [2.05, 4.69) is 16.8 Å². The molecular formula is C14H20N2O2S. The number of nitrogens with zero attached hydrogens (tertiary/aromatic N) is 2. The Morgan fingerprint density at radius 1 is 1.26 bits per heavy atom. The van der Waals surface area contributed by atoms with Gasteiger partial charge >= 0.3 is 5.97 Å². The van der Waals surface area contributed by atoms with Gasteiger partial charge in [-0.2, -0.15) is 0 Å². The van der Waals surface area contributed by atoms with Gasteiger partial charge < -0.3 is 10.0 Å². The first-order chi connectivity index (χ1) is 9.13. The van der Waals surface area contributed by atoms with E-state index >= 15 is 0 Å². The molecule has 4 nitrogen and oxygen atoms in total. The summed E-state index contributed by atoms with van der Waals surface area (Å²) in [5, 5.41) is 9.60. The van der Waals surface area contributed by atoms with Crippen LogP contribution in [0.1, 0.15) is 11.6 Å². The van der Waals surface area contributed by atoms with E-state index in [-0.39, 0.29) is 0 Å². The van der Waals surface area contributed by atoms with Crippen molar-refractivity contribution in [3.63, 3.8) is 0 Å². The monoisotopic (exact) mass is 280 g/mol. The molecule has 1 heterocycles. The standard InChI is InChI=1S/C14H20N2O2S/c1-15-7-9-16(10-8-15)13(14(17)18)11-5-3-4-6-12(11)19-2/h3-6,13H,7-10H2,1-2H3,(H,17,18)/t13-/m1/s1. The van der Waals surface area contributed by atoms with Crippen molar-refractivity contribution < 1.29 is 9.90 Å². The Morgan fingerprint density at radius 3 is 2.47 bits per heavy atom. The molecule has 0 bridgehead atoms. The number of hydrogen-bond acceptors (Lipinski definition) is 4. The van der Waals surface area contributed by atoms with Crippen molar-refractivity contribution in [2.45, 2.75) is 10.9 Å². The predicted octanol–water partition coefficient (Wildman–Crippen LogP) is 1.78. The van der Waals surface area contributed by atoms with Crippen LogP contribution in [0.25, 0.3) is 0 Å². The first-order valence-corrected chi connectivity index (χ1v) is 7.64. The molecule has 0 unspecified atom stereocenters. The second kappa shape index (κ2) is 6.41. The summed E-state index contributed by atoms with van der Waals surface area (Å²) in [7, 11) is 2.07. The predicted molar refractivity (Wildman–Crippen MR) is 77.7 cm³/mol. The van der Waals surface area contributed by atoms with Crippen molar-refractivity contribution in [1.82, 2.24) is 9.80 Å². The van der Waals surface area contributed by atoms with E-state index in [9.17, 15) is 9.90 Å². The molecule has 1 atom stereocenters. The number of piperazine rings is 1. The van der Waals surface area contributed by atoms with Crippen LogP contribution in [0.4, 0.5) is 0 Å². The molecule has 0 spiro atoms. The smallest absolute Gasteiger partial charge is 0.325 e. The van der Waals surface area contributed by atoms with Crippen molar-refractivity contribution >= 4 is 17.7 Å². The SMILES string of the molecule is CSc1ccccc1[C@H](C(=O)O)N1CCN(C)CC1. The quantitative estimate of drug-likeness (QED) is 0.852. The van der Waals surface area contributed by atoms with E-state index in [4.69, 9.17) is 0 Å². The fourth-order valence-electron chi connectivity index (χ4n) is 2.46. The van der Waals surface area contributed by atoms with Crippen LogP contribution in [0.15, 0.2) is 29.2 Å². The highest BCUT2D eigenvalue weighted by Crippen LogP contribution is 2.30. The molecule has 19 heavy (non-hydrogen) atoms. The summed E-state index contributed by atoms with van der Waals surface area (Å²) < 4.78 is 0. The van der Waals surface area contributed by atoms with Gasteiger partial charge in [0.1, 0.15) is 6.04 Å². The Kier molecular flexibility index (Phi) is 4.85. The van der Waals surface area contributed by atoms with Crippen molar-refractivity contribution in [3.05, 3.63) is 29.8 Å². The van der Waals surface area contributed by atoms with Crippen molar-refractivity contribution in [1.29, 1.82) is 0 Å². The molecule has 1 aromatic carbocycles. The molecular weight excluding hydrogens is 260 g/mol. The molecule has 1 aliphatic heterocycles. The van der Waals surface area contributed by atoms with Crippen molar-refractivity contribution in [3.8, 4) is 0 Å². The lowest BCUT2D eigenvalue weighted by molar-refractivity contribution is -0.144. The third-order valence-corrected chi connectivity index (χ3v) is 4.38. The fourth-order valence-corrected chi connectivity index (χ4v) is 3.09. The van der Waals surface area contributed by atoms with E-state index in [0.717, 1.165) is 36.6 Å². The first kappa shape index (κ1) is 14.4. The van der Waals surface area contributed by atoms with Crippen molar-refractivity contribution in [2.75, 3.05) is 39.5 Å². The minimum Gasteiger partial charge on any atom is -0.480 e. The van der Waals surface area contributed by atoms with Crippen LogP contribution < -0.4 is 0 Å². The molecule has 0 saturated carbocycles. The minimum absolute atomic E-state index is 0.530. The van der Waals surface area contributed by atoms with Gasteiger partial charge in [0.2, 0.25) is 0 Å². The third-order valence-electron chi connectivity index (χ3n) is 3.57. The Balaban J connectivity index is 2.27. The number of carbonyl (C=O) groups is 1. The zero-order valence-electron chi connectivity index (χ0n) is 11.4. The lowest BCUT2D eigenvalue weighted by atomic mass is 10.0. The molecule has 5 heteroatoms. The van der Waals surface area contributed by atoms with Gasteiger partial charge in [-0.3, -0.25) is 9.69 Å². The number of rotatable bonds is 4. The summed E-state index contributed by atoms with van der Waals surface area (Å²) in [4.78, 5) is 17.0. The van der Waals surface area contributed by atoms with Gasteiger partial charge in [-0.15, -0.1) is 11.8 Å². The summed E-state index contributed by atoms with van der Waals surface area (Å²) in [5.41, 5.74) is 0.909. The molecule has 0 radical (unpaired) electrons. The normalized spacial score (nSPS) is 19.3. The molecule has 104 valence electrons. The number of benzene rings is 1. The maximum absolute atomic E-state index is 11.7. The Labute approximate surface area is 118 Å². The van der Waals surface area contributed by atoms with Gasteiger partial charge in [0.25, 0.3) is 0 Å². The van der Waals surface area contributed by atoms with E-state index in [1.54, 1.807) is 11.8 Å². The van der Waals surface area contributed by atoms with E-state index in [0.29, 0.717) is 0 Å². The summed E-state index contributed by atoms with van der Waals surface area (Å²) in [5.74, 6) is -0.758. The molecule has 0 amide bonds. The lowest BCUT2D eigenvalue weighted by Crippen LogP contribution is -2.47. The van der Waals surface area contributed by atoms with Crippen LogP contribution in [-0.2, 0) is 4.79 Å². The molecule has 1 saturated heterocycles. The number of carboxylic acids is 1. The van der Waals surface area contributed by atoms with Crippen LogP contribution in [0.5, 0.6) is 0 Å². The largest absolute Gasteiger partial charge is 0.480 e. The number of likely N-dealkylation sites (N-methyl/N-ethyl adjacent to an activating group) is 1. The Hall–Kier alpha value is -1.04. The third kappa shape index (κ3) is 3.29. The van der Waals surface area contributed by atoms with E-state index in [1.165, 1.54) is 0 Å². The van der Waals surface area contributed by atoms with Crippen LogP contribution in [-0.4, -0.2) is 60.4 Å². The molecule has 2 rings (SSSR count). The molecule has 1 aliphatic rings. The topological polar surface area (TPSA) is 43.8 Å². The summed E-state index contributed by atoms with van der Waals surface area (Å²) in [6.45, 7) is 3.45. The highest BCUT2D eigenvalue weighted by Gasteiger charge is 2.30. The number of thioether (sulfide) groups is 1. The molecule has 0 aromatic heterocycles. The maximum atomic E-state index is 11.7. The summed E-state index contributed by atoms with van der Waals surface area (Å²) in [6.07, 6.45) is 1.99. The number of carboxylic acid groups (broad SMARTS) is 1. The minimum atomic E-state index is -0.758. The number of aliphatic carboxylic acids is 1. The van der Waals surface area contributed by atoms with Gasteiger partial charge in [0.15, 0.2) is 0 Å². The van der Waals surface area contributed by atoms with E-state index < -0.39 is 12.0 Å². The highest BCUT2D eigenvalue weighted by atomic mass is 32.2. The molecule has 1 fully saturated rings. The fraction of sp³-hybridized carbons (Fsp3) is 0.500. The highest BCUT2D eigenvalue weighted by molar-refractivity contribution is 7.98. The maximum Gasteiger partial charge on any atom is 0.325 e. The zero-order valence-corrected chi connectivity index (χ0v) is 12.2. The summed E-state index contributed by atoms with van der Waals surface area (Å²) >= 11 is 1.61. The Morgan fingerprint density at radius 2 is 1.89 bits per heavy atom. The number of hydrogen-bond donors (Lipinski definition) is 1. The van der Waals surface area contributed by atoms with Gasteiger partial charge in [-0.1, -0.05) is 18.2 Å². The second-order valence-corrected chi connectivity index (χ2v) is 5.67. The van der Waals surface area contributed by atoms with E-state index in [1.807, 2.05) is 30.5 Å². The Bertz CT molecular complexity index is 445. The zero-order chi connectivity index (χ0) is 13.8. The van der Waals surface area contributed by atoms with Crippen LogP contribution in [0.2, 0.25) is 0 Å². The molecule has 0 aliphatic carbocycles. The lowest BCUT2D eigenvalue weighted by Gasteiger charge is -2.36. The molecule has 1 N–H and O–H groups in total. The van der Waals surface area contributed by atoms with Crippen LogP contribution in [0, 0.1) is 0 Å². The average Bonchev–Trinajstić information content (AvgIpc) is 2.41. The van der Waals surface area contributed by atoms with Gasteiger partial charge in [-0.25, -0.2) is 0 Å². The van der Waals surface area contributed by atoms with Gasteiger partial charge in [-0.05, 0) is 24.9 Å². The summed E-state index contributed by atoms with van der Waals surface area (Å²) in [6, 6.07) is 7.27. The average molecular weight is 280 g/mol. The van der Waals surface area contributed by atoms with Gasteiger partial charge in [0, 0.05) is 31.1 Å². The first-order valence-electron chi connectivity index (χ1n) is 6.42. The molecule has 1 aromatic rings. The van der Waals surface area contributed by atoms with Gasteiger partial charge in [0.05, 0.1) is 0 Å². The van der Waals surface area contributed by atoms with Crippen LogP contribution in [0.3, 0.4) is 0 Å². The van der Waals surface area contributed by atoms with Crippen LogP contribution >= 0.6 is 11.8 Å². The second-order valence-electron chi connectivity index (χ2n) is 4.82. The van der Waals surface area contributed by atoms with Crippen molar-refractivity contribution in [2.24, 2.45) is 0 Å².